The van der Waals surface area contributed by atoms with Gasteiger partial charge in [0.15, 0.2) is 5.82 Å². The lowest BCUT2D eigenvalue weighted by atomic mass is 9.97. The van der Waals surface area contributed by atoms with Crippen LogP contribution in [0.25, 0.3) is 22.4 Å². The molecule has 0 spiro atoms. The predicted octanol–water partition coefficient (Wildman–Crippen LogP) is 3.67. The molecule has 3 N–H and O–H groups in total. The van der Waals surface area contributed by atoms with Gasteiger partial charge < -0.3 is 15.6 Å². The normalized spacial score (nSPS) is 13.8. The maximum atomic E-state index is 12.5. The Bertz CT molecular complexity index is 1000. The van der Waals surface area contributed by atoms with Crippen molar-refractivity contribution in [3.05, 3.63) is 36.8 Å². The van der Waals surface area contributed by atoms with E-state index in [9.17, 15) is 18.0 Å². The van der Waals surface area contributed by atoms with E-state index >= 15 is 0 Å². The van der Waals surface area contributed by atoms with Crippen molar-refractivity contribution >= 4 is 22.8 Å². The van der Waals surface area contributed by atoms with E-state index in [1.165, 1.54) is 0 Å². The Balaban J connectivity index is 1.78. The summed E-state index contributed by atoms with van der Waals surface area (Å²) in [5.41, 5.74) is 0.329. The number of halogens is 3. The maximum absolute atomic E-state index is 12.5. The van der Waals surface area contributed by atoms with E-state index in [4.69, 9.17) is 0 Å². The van der Waals surface area contributed by atoms with E-state index in [-0.39, 0.29) is 0 Å². The van der Waals surface area contributed by atoms with Gasteiger partial charge in [-0.15, -0.1) is 0 Å². The molecule has 3 rings (SSSR count). The van der Waals surface area contributed by atoms with Crippen molar-refractivity contribution < 1.29 is 18.0 Å². The fourth-order valence-corrected chi connectivity index (χ4v) is 2.80. The SMILES string of the molecule is CCC(C)(Nc1ccnc(-c2c[nH]c3ncccc23)n1)C(=O)NCCC(F)(F)F. The molecule has 1 atom stereocenters. The summed E-state index contributed by atoms with van der Waals surface area (Å²) >= 11 is 0. The van der Waals surface area contributed by atoms with E-state index in [0.29, 0.717) is 23.7 Å². The molecule has 10 heteroatoms. The average molecular weight is 406 g/mol. The van der Waals surface area contributed by atoms with Gasteiger partial charge in [-0.25, -0.2) is 15.0 Å². The first-order chi connectivity index (χ1) is 13.7. The van der Waals surface area contributed by atoms with Crippen molar-refractivity contribution in [3.63, 3.8) is 0 Å². The van der Waals surface area contributed by atoms with Gasteiger partial charge in [0.1, 0.15) is 17.0 Å². The van der Waals surface area contributed by atoms with Crippen molar-refractivity contribution in [3.8, 4) is 11.4 Å². The van der Waals surface area contributed by atoms with E-state index in [1.54, 1.807) is 44.6 Å². The van der Waals surface area contributed by atoms with Crippen LogP contribution in [-0.4, -0.2) is 44.1 Å². The molecule has 3 aromatic rings. The number of rotatable bonds is 7. The molecule has 29 heavy (non-hydrogen) atoms. The standard InChI is InChI=1S/C19H21F3N6O/c1-3-18(2,17(29)25-10-7-19(20,21)22)28-14-6-9-24-16(27-14)13-11-26-15-12(13)5-4-8-23-15/h4-6,8-9,11H,3,7,10H2,1-2H3,(H,23,26)(H,25,29)(H,24,27,28). The van der Waals surface area contributed by atoms with Crippen LogP contribution in [-0.2, 0) is 4.79 Å². The number of alkyl halides is 3. The zero-order valence-corrected chi connectivity index (χ0v) is 16.0. The molecular weight excluding hydrogens is 385 g/mol. The molecule has 0 aromatic carbocycles. The number of H-pyrrole nitrogens is 1. The van der Waals surface area contributed by atoms with Crippen LogP contribution in [0.3, 0.4) is 0 Å². The third-order valence-electron chi connectivity index (χ3n) is 4.65. The van der Waals surface area contributed by atoms with E-state index in [1.807, 2.05) is 6.07 Å². The summed E-state index contributed by atoms with van der Waals surface area (Å²) in [7, 11) is 0. The van der Waals surface area contributed by atoms with E-state index < -0.39 is 30.6 Å². The molecular formula is C19H21F3N6O. The van der Waals surface area contributed by atoms with Gasteiger partial charge in [0.2, 0.25) is 5.91 Å². The summed E-state index contributed by atoms with van der Waals surface area (Å²) in [5, 5.41) is 6.23. The quantitative estimate of drug-likeness (QED) is 0.556. The number of nitrogens with zero attached hydrogens (tertiary/aromatic N) is 3. The van der Waals surface area contributed by atoms with E-state index in [0.717, 1.165) is 10.9 Å². The average Bonchev–Trinajstić information content (AvgIpc) is 3.11. The maximum Gasteiger partial charge on any atom is 0.390 e. The highest BCUT2D eigenvalue weighted by molar-refractivity contribution is 5.92. The number of carbonyl (C=O) groups is 1. The minimum absolute atomic E-state index is 0.348. The second-order valence-corrected chi connectivity index (χ2v) is 6.80. The van der Waals surface area contributed by atoms with Gasteiger partial charge in [0.25, 0.3) is 0 Å². The first-order valence-electron chi connectivity index (χ1n) is 9.10. The summed E-state index contributed by atoms with van der Waals surface area (Å²) in [4.78, 5) is 28.5. The number of nitrogens with one attached hydrogen (secondary N) is 3. The number of aromatic nitrogens is 4. The molecule has 0 saturated carbocycles. The first kappa shape index (κ1) is 20.6. The highest BCUT2D eigenvalue weighted by atomic mass is 19.4. The smallest absolute Gasteiger partial charge is 0.356 e. The van der Waals surface area contributed by atoms with Crippen LogP contribution in [0.1, 0.15) is 26.7 Å². The van der Waals surface area contributed by atoms with Crippen molar-refractivity contribution in [2.24, 2.45) is 0 Å². The zero-order valence-electron chi connectivity index (χ0n) is 16.0. The number of pyridine rings is 1. The third kappa shape index (κ3) is 4.82. The Labute approximate surface area is 165 Å². The van der Waals surface area contributed by atoms with Gasteiger partial charge in [0, 0.05) is 36.1 Å². The number of aromatic amines is 1. The van der Waals surface area contributed by atoms with Crippen LogP contribution in [0.4, 0.5) is 19.0 Å². The van der Waals surface area contributed by atoms with Crippen LogP contribution in [0.5, 0.6) is 0 Å². The highest BCUT2D eigenvalue weighted by Crippen LogP contribution is 2.26. The molecule has 0 saturated heterocycles. The van der Waals surface area contributed by atoms with Crippen molar-refractivity contribution in [1.82, 2.24) is 25.3 Å². The van der Waals surface area contributed by atoms with Crippen molar-refractivity contribution in [2.75, 3.05) is 11.9 Å². The number of amides is 1. The van der Waals surface area contributed by atoms with Crippen LogP contribution in [0.2, 0.25) is 0 Å². The Morgan fingerprint density at radius 3 is 2.72 bits per heavy atom. The van der Waals surface area contributed by atoms with Crippen LogP contribution >= 0.6 is 0 Å². The van der Waals surface area contributed by atoms with Crippen molar-refractivity contribution in [1.29, 1.82) is 0 Å². The summed E-state index contributed by atoms with van der Waals surface area (Å²) in [6, 6.07) is 5.30. The molecule has 0 aliphatic heterocycles. The number of anilines is 1. The number of hydrogen-bond acceptors (Lipinski definition) is 5. The van der Waals surface area contributed by atoms with Crippen molar-refractivity contribution in [2.45, 2.75) is 38.4 Å². The van der Waals surface area contributed by atoms with Crippen LogP contribution in [0, 0.1) is 0 Å². The van der Waals surface area contributed by atoms with E-state index in [2.05, 4.69) is 30.6 Å². The molecule has 0 aliphatic carbocycles. The Morgan fingerprint density at radius 1 is 1.21 bits per heavy atom. The predicted molar refractivity (Wildman–Crippen MR) is 103 cm³/mol. The second kappa shape index (κ2) is 8.06. The Kier molecular flexibility index (Phi) is 5.71. The number of hydrogen-bond donors (Lipinski definition) is 3. The van der Waals surface area contributed by atoms with Crippen LogP contribution < -0.4 is 10.6 Å². The number of carbonyl (C=O) groups excluding carboxylic acids is 1. The topological polar surface area (TPSA) is 95.6 Å². The zero-order chi connectivity index (χ0) is 21.1. The lowest BCUT2D eigenvalue weighted by Crippen LogP contribution is -2.50. The van der Waals surface area contributed by atoms with Gasteiger partial charge in [-0.2, -0.15) is 13.2 Å². The molecule has 1 unspecified atom stereocenters. The van der Waals surface area contributed by atoms with Crippen LogP contribution in [0.15, 0.2) is 36.8 Å². The lowest BCUT2D eigenvalue weighted by molar-refractivity contribution is -0.136. The lowest BCUT2D eigenvalue weighted by Gasteiger charge is -2.29. The molecule has 0 aliphatic rings. The Hall–Kier alpha value is -3.17. The van der Waals surface area contributed by atoms with Gasteiger partial charge in [-0.3, -0.25) is 4.79 Å². The minimum atomic E-state index is -4.32. The highest BCUT2D eigenvalue weighted by Gasteiger charge is 2.33. The van der Waals surface area contributed by atoms with Gasteiger partial charge in [-0.05, 0) is 31.5 Å². The van der Waals surface area contributed by atoms with Gasteiger partial charge >= 0.3 is 6.18 Å². The molecule has 3 aromatic heterocycles. The third-order valence-corrected chi connectivity index (χ3v) is 4.65. The molecule has 0 fully saturated rings. The summed E-state index contributed by atoms with van der Waals surface area (Å²) < 4.78 is 37.0. The minimum Gasteiger partial charge on any atom is -0.356 e. The molecule has 3 heterocycles. The molecule has 1 amide bonds. The molecule has 154 valence electrons. The fraction of sp³-hybridized carbons (Fsp3) is 0.368. The fourth-order valence-electron chi connectivity index (χ4n) is 2.80. The Morgan fingerprint density at radius 2 is 2.00 bits per heavy atom. The molecule has 0 bridgehead atoms. The summed E-state index contributed by atoms with van der Waals surface area (Å²) in [6.45, 7) is 2.91. The second-order valence-electron chi connectivity index (χ2n) is 6.80. The number of fused-ring (bicyclic) bond motifs is 1. The molecule has 7 nitrogen and oxygen atoms in total. The molecule has 0 radical (unpaired) electrons. The summed E-state index contributed by atoms with van der Waals surface area (Å²) in [6.07, 6.45) is -0.0757. The van der Waals surface area contributed by atoms with Gasteiger partial charge in [-0.1, -0.05) is 6.92 Å². The van der Waals surface area contributed by atoms with Gasteiger partial charge in [0.05, 0.1) is 6.42 Å². The monoisotopic (exact) mass is 406 g/mol. The first-order valence-corrected chi connectivity index (χ1v) is 9.10. The summed E-state index contributed by atoms with van der Waals surface area (Å²) in [5.74, 6) is 0.300. The largest absolute Gasteiger partial charge is 0.390 e.